The molecule has 1 fully saturated rings. The van der Waals surface area contributed by atoms with Crippen LogP contribution in [0.2, 0.25) is 0 Å². The lowest BCUT2D eigenvalue weighted by Crippen LogP contribution is -2.54. The maximum Gasteiger partial charge on any atom is 0.326 e. The number of carboxylic acid groups (broad SMARTS) is 1. The van der Waals surface area contributed by atoms with Crippen LogP contribution in [0.5, 0.6) is 0 Å². The molecule has 1 aliphatic rings. The van der Waals surface area contributed by atoms with E-state index in [2.05, 4.69) is 10.3 Å². The van der Waals surface area contributed by atoms with Gasteiger partial charge in [-0.25, -0.2) is 4.79 Å². The van der Waals surface area contributed by atoms with Gasteiger partial charge in [0.25, 0.3) is 0 Å². The van der Waals surface area contributed by atoms with Gasteiger partial charge in [-0.1, -0.05) is 18.2 Å². The summed E-state index contributed by atoms with van der Waals surface area (Å²) in [5, 5.41) is 12.7. The molecule has 3 atom stereocenters. The molecule has 0 aliphatic carbocycles. The SMILES string of the molecule is NC(=O)CCC(NC(=O)C1CCCN1C(=O)C(N)Cc1c[nH]c2ccccc12)C(=O)O. The lowest BCUT2D eigenvalue weighted by Gasteiger charge is -2.27. The van der Waals surface area contributed by atoms with E-state index in [9.17, 15) is 24.3 Å². The highest BCUT2D eigenvalue weighted by molar-refractivity contribution is 5.93. The third-order valence-electron chi connectivity index (χ3n) is 5.56. The fourth-order valence-electron chi connectivity index (χ4n) is 3.95. The Balaban J connectivity index is 1.65. The van der Waals surface area contributed by atoms with Crippen LogP contribution < -0.4 is 16.8 Å². The summed E-state index contributed by atoms with van der Waals surface area (Å²) in [6.45, 7) is 0.373. The number of nitrogens with zero attached hydrogens (tertiary/aromatic N) is 1. The first-order valence-electron chi connectivity index (χ1n) is 10.2. The maximum atomic E-state index is 13.0. The van der Waals surface area contributed by atoms with Crippen LogP contribution in [-0.2, 0) is 25.6 Å². The van der Waals surface area contributed by atoms with Gasteiger partial charge in [0.05, 0.1) is 6.04 Å². The normalized spacial score (nSPS) is 18.0. The summed E-state index contributed by atoms with van der Waals surface area (Å²) in [7, 11) is 0. The minimum Gasteiger partial charge on any atom is -0.480 e. The maximum absolute atomic E-state index is 13.0. The summed E-state index contributed by atoms with van der Waals surface area (Å²) in [4.78, 5) is 52.6. The van der Waals surface area contributed by atoms with Crippen molar-refractivity contribution in [3.63, 3.8) is 0 Å². The molecule has 0 saturated carbocycles. The van der Waals surface area contributed by atoms with Gasteiger partial charge in [0.15, 0.2) is 0 Å². The number of carbonyl (C=O) groups is 4. The van der Waals surface area contributed by atoms with Crippen LogP contribution in [0.1, 0.15) is 31.2 Å². The highest BCUT2D eigenvalue weighted by Crippen LogP contribution is 2.22. The molecule has 2 aromatic rings. The van der Waals surface area contributed by atoms with Crippen molar-refractivity contribution in [1.29, 1.82) is 0 Å². The minimum absolute atomic E-state index is 0.114. The number of hydrogen-bond acceptors (Lipinski definition) is 5. The van der Waals surface area contributed by atoms with Gasteiger partial charge in [0.1, 0.15) is 12.1 Å². The van der Waals surface area contributed by atoms with Crippen molar-refractivity contribution in [1.82, 2.24) is 15.2 Å². The van der Waals surface area contributed by atoms with Gasteiger partial charge in [-0.15, -0.1) is 0 Å². The van der Waals surface area contributed by atoms with E-state index in [-0.39, 0.29) is 18.7 Å². The third-order valence-corrected chi connectivity index (χ3v) is 5.56. The molecular weight excluding hydrogens is 402 g/mol. The number of nitrogens with one attached hydrogen (secondary N) is 2. The zero-order valence-corrected chi connectivity index (χ0v) is 17.0. The Morgan fingerprint density at radius 2 is 2.00 bits per heavy atom. The number of carboxylic acids is 1. The number of nitrogens with two attached hydrogens (primary N) is 2. The second kappa shape index (κ2) is 9.61. The number of primary amides is 1. The molecule has 31 heavy (non-hydrogen) atoms. The first kappa shape index (κ1) is 22.3. The number of aromatic nitrogens is 1. The van der Waals surface area contributed by atoms with Crippen molar-refractivity contribution < 1.29 is 24.3 Å². The molecule has 10 heteroatoms. The molecule has 3 rings (SSSR count). The summed E-state index contributed by atoms with van der Waals surface area (Å²) in [6.07, 6.45) is 2.88. The summed E-state index contributed by atoms with van der Waals surface area (Å²) in [5.74, 6) is -2.84. The zero-order chi connectivity index (χ0) is 22.5. The topological polar surface area (TPSA) is 172 Å². The Bertz CT molecular complexity index is 987. The second-order valence-electron chi connectivity index (χ2n) is 7.76. The Labute approximate surface area is 178 Å². The predicted octanol–water partition coefficient (Wildman–Crippen LogP) is -0.136. The number of rotatable bonds is 9. The van der Waals surface area contributed by atoms with E-state index >= 15 is 0 Å². The van der Waals surface area contributed by atoms with E-state index in [0.717, 1.165) is 16.5 Å². The molecule has 1 aromatic heterocycles. The summed E-state index contributed by atoms with van der Waals surface area (Å²) >= 11 is 0. The van der Waals surface area contributed by atoms with Crippen molar-refractivity contribution in [2.45, 2.75) is 50.2 Å². The van der Waals surface area contributed by atoms with Gasteiger partial charge < -0.3 is 31.8 Å². The summed E-state index contributed by atoms with van der Waals surface area (Å²) in [5.41, 5.74) is 13.1. The van der Waals surface area contributed by atoms with E-state index < -0.39 is 35.9 Å². The fourth-order valence-corrected chi connectivity index (χ4v) is 3.95. The van der Waals surface area contributed by atoms with Crippen LogP contribution in [0, 0.1) is 0 Å². The zero-order valence-electron chi connectivity index (χ0n) is 17.0. The molecule has 0 radical (unpaired) electrons. The molecule has 0 spiro atoms. The Morgan fingerprint density at radius 1 is 1.26 bits per heavy atom. The number of hydrogen-bond donors (Lipinski definition) is 5. The van der Waals surface area contributed by atoms with Crippen molar-refractivity contribution in [3.8, 4) is 0 Å². The van der Waals surface area contributed by atoms with Crippen LogP contribution in [0.4, 0.5) is 0 Å². The van der Waals surface area contributed by atoms with E-state index in [1.54, 1.807) is 0 Å². The average molecular weight is 429 g/mol. The number of amides is 3. The molecule has 1 saturated heterocycles. The Kier molecular flexibility index (Phi) is 6.91. The van der Waals surface area contributed by atoms with Gasteiger partial charge in [-0.05, 0) is 37.3 Å². The molecular formula is C21H27N5O5. The van der Waals surface area contributed by atoms with Gasteiger partial charge in [0, 0.05) is 30.1 Å². The van der Waals surface area contributed by atoms with Gasteiger partial charge in [-0.2, -0.15) is 0 Å². The van der Waals surface area contributed by atoms with Crippen molar-refractivity contribution in [2.75, 3.05) is 6.54 Å². The number of aromatic amines is 1. The monoisotopic (exact) mass is 429 g/mol. The fraction of sp³-hybridized carbons (Fsp3) is 0.429. The standard InChI is InChI=1S/C21H27N5O5/c22-14(10-12-11-24-15-5-2-1-4-13(12)15)20(29)26-9-3-6-17(26)19(28)25-16(21(30)31)7-8-18(23)27/h1-2,4-5,11,14,16-17,24H,3,6-10,22H2,(H2,23,27)(H,25,28)(H,30,31). The lowest BCUT2D eigenvalue weighted by molar-refractivity contribution is -0.144. The van der Waals surface area contributed by atoms with Crippen molar-refractivity contribution >= 4 is 34.6 Å². The number of benzene rings is 1. The average Bonchev–Trinajstić information content (AvgIpc) is 3.37. The number of aliphatic carboxylic acids is 1. The molecule has 2 heterocycles. The predicted molar refractivity (Wildman–Crippen MR) is 113 cm³/mol. The van der Waals surface area contributed by atoms with Crippen LogP contribution in [0.15, 0.2) is 30.5 Å². The number of carbonyl (C=O) groups excluding carboxylic acids is 3. The molecule has 166 valence electrons. The molecule has 3 unspecified atom stereocenters. The van der Waals surface area contributed by atoms with Crippen molar-refractivity contribution in [2.24, 2.45) is 11.5 Å². The van der Waals surface area contributed by atoms with Crippen LogP contribution >= 0.6 is 0 Å². The highest BCUT2D eigenvalue weighted by atomic mass is 16.4. The molecule has 10 nitrogen and oxygen atoms in total. The number of likely N-dealkylation sites (tertiary alicyclic amines) is 1. The molecule has 3 amide bonds. The number of para-hydroxylation sites is 1. The molecule has 1 aliphatic heterocycles. The largest absolute Gasteiger partial charge is 0.480 e. The summed E-state index contributed by atoms with van der Waals surface area (Å²) < 4.78 is 0. The Hall–Kier alpha value is -3.40. The Morgan fingerprint density at radius 3 is 2.71 bits per heavy atom. The van der Waals surface area contributed by atoms with Gasteiger partial charge in [-0.3, -0.25) is 14.4 Å². The number of H-pyrrole nitrogens is 1. The number of fused-ring (bicyclic) bond motifs is 1. The minimum atomic E-state index is -1.26. The first-order chi connectivity index (χ1) is 14.8. The molecule has 7 N–H and O–H groups in total. The van der Waals surface area contributed by atoms with Crippen LogP contribution in [0.3, 0.4) is 0 Å². The van der Waals surface area contributed by atoms with E-state index in [1.807, 2.05) is 30.5 Å². The van der Waals surface area contributed by atoms with E-state index in [0.29, 0.717) is 25.8 Å². The van der Waals surface area contributed by atoms with E-state index in [1.165, 1.54) is 4.90 Å². The smallest absolute Gasteiger partial charge is 0.326 e. The third kappa shape index (κ3) is 5.21. The van der Waals surface area contributed by atoms with Crippen LogP contribution in [-0.4, -0.2) is 63.4 Å². The molecule has 1 aromatic carbocycles. The van der Waals surface area contributed by atoms with Crippen LogP contribution in [0.25, 0.3) is 10.9 Å². The van der Waals surface area contributed by atoms with Crippen molar-refractivity contribution in [3.05, 3.63) is 36.0 Å². The van der Waals surface area contributed by atoms with Gasteiger partial charge >= 0.3 is 5.97 Å². The summed E-state index contributed by atoms with van der Waals surface area (Å²) in [6, 6.07) is 4.82. The first-order valence-corrected chi connectivity index (χ1v) is 10.2. The quantitative estimate of drug-likeness (QED) is 0.371. The van der Waals surface area contributed by atoms with Gasteiger partial charge in [0.2, 0.25) is 17.7 Å². The van der Waals surface area contributed by atoms with E-state index in [4.69, 9.17) is 11.5 Å². The second-order valence-corrected chi connectivity index (χ2v) is 7.76. The highest BCUT2D eigenvalue weighted by Gasteiger charge is 2.37. The lowest BCUT2D eigenvalue weighted by atomic mass is 10.0. The molecule has 0 bridgehead atoms.